The number of carbonyl (C=O) groups is 1. The van der Waals surface area contributed by atoms with Crippen LogP contribution >= 0.6 is 0 Å². The smallest absolute Gasteiger partial charge is 0.326 e. The minimum atomic E-state index is -0.466. The summed E-state index contributed by atoms with van der Waals surface area (Å²) in [4.78, 5) is 12.2. The quantitative estimate of drug-likeness (QED) is 0.778. The van der Waals surface area contributed by atoms with E-state index in [-0.39, 0.29) is 12.1 Å². The van der Waals surface area contributed by atoms with Gasteiger partial charge in [0.25, 0.3) is 0 Å². The third-order valence-corrected chi connectivity index (χ3v) is 4.80. The van der Waals surface area contributed by atoms with E-state index in [1.165, 1.54) is 13.5 Å². The standard InChI is InChI=1S/C15H27NO3/c1-3-12-6-8-15(9-7-12,14(17)18-2)16-11-13-5-4-10-19-13/h12-13,16H,3-11H2,1-2H3. The van der Waals surface area contributed by atoms with Crippen molar-refractivity contribution in [2.75, 3.05) is 20.3 Å². The molecule has 110 valence electrons. The number of methoxy groups -OCH3 is 1. The van der Waals surface area contributed by atoms with Gasteiger partial charge in [-0.3, -0.25) is 10.1 Å². The van der Waals surface area contributed by atoms with Gasteiger partial charge in [0, 0.05) is 13.2 Å². The van der Waals surface area contributed by atoms with Gasteiger partial charge in [-0.25, -0.2) is 0 Å². The second-order valence-corrected chi connectivity index (χ2v) is 5.94. The lowest BCUT2D eigenvalue weighted by atomic mass is 9.75. The highest BCUT2D eigenvalue weighted by Crippen LogP contribution is 2.34. The highest BCUT2D eigenvalue weighted by Gasteiger charge is 2.42. The number of hydrogen-bond acceptors (Lipinski definition) is 4. The van der Waals surface area contributed by atoms with Crippen molar-refractivity contribution in [2.24, 2.45) is 5.92 Å². The van der Waals surface area contributed by atoms with Crippen LogP contribution in [0, 0.1) is 5.92 Å². The molecule has 2 aliphatic rings. The highest BCUT2D eigenvalue weighted by atomic mass is 16.5. The third-order valence-electron chi connectivity index (χ3n) is 4.80. The van der Waals surface area contributed by atoms with Gasteiger partial charge in [0.2, 0.25) is 0 Å². The molecule has 1 aliphatic carbocycles. The van der Waals surface area contributed by atoms with Crippen LogP contribution in [0.2, 0.25) is 0 Å². The molecule has 0 aromatic carbocycles. The summed E-state index contributed by atoms with van der Waals surface area (Å²) in [6.07, 6.45) is 7.73. The lowest BCUT2D eigenvalue weighted by molar-refractivity contribution is -0.151. The van der Waals surface area contributed by atoms with E-state index in [0.717, 1.165) is 57.6 Å². The van der Waals surface area contributed by atoms with Gasteiger partial charge in [0.1, 0.15) is 5.54 Å². The number of rotatable bonds is 5. The second-order valence-electron chi connectivity index (χ2n) is 5.94. The maximum absolute atomic E-state index is 12.2. The lowest BCUT2D eigenvalue weighted by Gasteiger charge is -2.39. The van der Waals surface area contributed by atoms with E-state index in [1.54, 1.807) is 0 Å². The van der Waals surface area contributed by atoms with E-state index in [4.69, 9.17) is 9.47 Å². The predicted octanol–water partition coefficient (Wildman–Crippen LogP) is 2.27. The van der Waals surface area contributed by atoms with Gasteiger partial charge in [0.05, 0.1) is 13.2 Å². The van der Waals surface area contributed by atoms with Crippen LogP contribution < -0.4 is 5.32 Å². The Bertz CT molecular complexity index is 292. The van der Waals surface area contributed by atoms with Crippen LogP contribution in [0.4, 0.5) is 0 Å². The molecule has 1 saturated carbocycles. The SMILES string of the molecule is CCC1CCC(NCC2CCCO2)(C(=O)OC)CC1. The molecule has 0 bridgehead atoms. The number of nitrogens with one attached hydrogen (secondary N) is 1. The maximum Gasteiger partial charge on any atom is 0.326 e. The molecular formula is C15H27NO3. The predicted molar refractivity (Wildman–Crippen MR) is 74.0 cm³/mol. The third kappa shape index (κ3) is 3.48. The zero-order chi connectivity index (χ0) is 13.7. The first kappa shape index (κ1) is 14.8. The van der Waals surface area contributed by atoms with E-state index in [9.17, 15) is 4.79 Å². The van der Waals surface area contributed by atoms with Crippen molar-refractivity contribution < 1.29 is 14.3 Å². The van der Waals surface area contributed by atoms with Gasteiger partial charge in [-0.15, -0.1) is 0 Å². The van der Waals surface area contributed by atoms with Gasteiger partial charge in [-0.1, -0.05) is 13.3 Å². The van der Waals surface area contributed by atoms with Crippen LogP contribution in [0.25, 0.3) is 0 Å². The Hall–Kier alpha value is -0.610. The fourth-order valence-corrected chi connectivity index (χ4v) is 3.34. The Labute approximate surface area is 116 Å². The van der Waals surface area contributed by atoms with E-state index >= 15 is 0 Å². The summed E-state index contributed by atoms with van der Waals surface area (Å²) in [6, 6.07) is 0. The van der Waals surface area contributed by atoms with Gasteiger partial charge in [-0.2, -0.15) is 0 Å². The summed E-state index contributed by atoms with van der Waals surface area (Å²) in [5.74, 6) is 0.669. The fraction of sp³-hybridized carbons (Fsp3) is 0.933. The number of esters is 1. The molecule has 0 aromatic rings. The molecule has 1 atom stereocenters. The van der Waals surface area contributed by atoms with Crippen molar-refractivity contribution in [3.63, 3.8) is 0 Å². The maximum atomic E-state index is 12.2. The molecule has 2 fully saturated rings. The average molecular weight is 269 g/mol. The Morgan fingerprint density at radius 1 is 1.37 bits per heavy atom. The van der Waals surface area contributed by atoms with Crippen molar-refractivity contribution in [1.29, 1.82) is 0 Å². The second kappa shape index (κ2) is 6.71. The van der Waals surface area contributed by atoms with E-state index in [1.807, 2.05) is 0 Å². The van der Waals surface area contributed by atoms with E-state index in [2.05, 4.69) is 12.2 Å². The first-order valence-electron chi connectivity index (χ1n) is 7.65. The minimum absolute atomic E-state index is 0.0972. The average Bonchev–Trinajstić information content (AvgIpc) is 2.98. The van der Waals surface area contributed by atoms with Crippen LogP contribution in [0.5, 0.6) is 0 Å². The molecule has 0 spiro atoms. The van der Waals surface area contributed by atoms with Crippen LogP contribution in [0.3, 0.4) is 0 Å². The molecule has 2 rings (SSSR count). The van der Waals surface area contributed by atoms with Crippen molar-refractivity contribution in [3.8, 4) is 0 Å². The molecule has 0 radical (unpaired) electrons. The Morgan fingerprint density at radius 3 is 2.63 bits per heavy atom. The summed E-state index contributed by atoms with van der Waals surface area (Å²) in [5, 5.41) is 3.47. The zero-order valence-corrected chi connectivity index (χ0v) is 12.2. The monoisotopic (exact) mass is 269 g/mol. The zero-order valence-electron chi connectivity index (χ0n) is 12.2. The fourth-order valence-electron chi connectivity index (χ4n) is 3.34. The molecule has 1 heterocycles. The highest BCUT2D eigenvalue weighted by molar-refractivity contribution is 5.80. The normalized spacial score (nSPS) is 35.3. The van der Waals surface area contributed by atoms with Crippen molar-refractivity contribution >= 4 is 5.97 Å². The molecule has 0 amide bonds. The van der Waals surface area contributed by atoms with Crippen LogP contribution in [-0.4, -0.2) is 37.9 Å². The summed E-state index contributed by atoms with van der Waals surface area (Å²) < 4.78 is 10.7. The molecule has 4 nitrogen and oxygen atoms in total. The minimum Gasteiger partial charge on any atom is -0.468 e. The number of carbonyl (C=O) groups excluding carboxylic acids is 1. The molecular weight excluding hydrogens is 242 g/mol. The van der Waals surface area contributed by atoms with Crippen molar-refractivity contribution in [1.82, 2.24) is 5.32 Å². The van der Waals surface area contributed by atoms with Crippen LogP contribution in [-0.2, 0) is 14.3 Å². The van der Waals surface area contributed by atoms with E-state index in [0.29, 0.717) is 0 Å². The topological polar surface area (TPSA) is 47.6 Å². The lowest BCUT2D eigenvalue weighted by Crippen LogP contribution is -2.56. The largest absolute Gasteiger partial charge is 0.468 e. The molecule has 1 aliphatic heterocycles. The molecule has 4 heteroatoms. The number of ether oxygens (including phenoxy) is 2. The summed E-state index contributed by atoms with van der Waals surface area (Å²) in [7, 11) is 1.49. The van der Waals surface area contributed by atoms with Crippen LogP contribution in [0.15, 0.2) is 0 Å². The summed E-state index contributed by atoms with van der Waals surface area (Å²) in [5.41, 5.74) is -0.466. The van der Waals surface area contributed by atoms with Crippen molar-refractivity contribution in [2.45, 2.75) is 63.5 Å². The van der Waals surface area contributed by atoms with Gasteiger partial charge >= 0.3 is 5.97 Å². The molecule has 1 saturated heterocycles. The van der Waals surface area contributed by atoms with Gasteiger partial charge < -0.3 is 9.47 Å². The molecule has 0 aromatic heterocycles. The molecule has 1 unspecified atom stereocenters. The first-order chi connectivity index (χ1) is 9.20. The number of hydrogen-bond donors (Lipinski definition) is 1. The molecule has 1 N–H and O–H groups in total. The Balaban J connectivity index is 1.93. The van der Waals surface area contributed by atoms with Crippen molar-refractivity contribution in [3.05, 3.63) is 0 Å². The summed E-state index contributed by atoms with van der Waals surface area (Å²) >= 11 is 0. The van der Waals surface area contributed by atoms with Crippen LogP contribution in [0.1, 0.15) is 51.9 Å². The van der Waals surface area contributed by atoms with E-state index < -0.39 is 5.54 Å². The molecule has 19 heavy (non-hydrogen) atoms. The summed E-state index contributed by atoms with van der Waals surface area (Å²) in [6.45, 7) is 3.86. The Kier molecular flexibility index (Phi) is 5.22. The van der Waals surface area contributed by atoms with Gasteiger partial charge in [0.15, 0.2) is 0 Å². The van der Waals surface area contributed by atoms with Gasteiger partial charge in [-0.05, 0) is 44.4 Å². The Morgan fingerprint density at radius 2 is 2.11 bits per heavy atom. The first-order valence-corrected chi connectivity index (χ1v) is 7.65.